The van der Waals surface area contributed by atoms with Crippen LogP contribution in [0.5, 0.6) is 11.6 Å². The number of aromatic nitrogens is 2. The van der Waals surface area contributed by atoms with Crippen molar-refractivity contribution in [2.45, 2.75) is 12.1 Å². The number of carbonyl (C=O) groups excluding carboxylic acids is 3. The molecule has 0 spiro atoms. The van der Waals surface area contributed by atoms with Crippen molar-refractivity contribution in [1.82, 2.24) is 20.2 Å². The molecule has 0 radical (unpaired) electrons. The highest BCUT2D eigenvalue weighted by Gasteiger charge is 2.46. The Balaban J connectivity index is 1.74. The van der Waals surface area contributed by atoms with Crippen molar-refractivity contribution in [1.29, 1.82) is 0 Å². The minimum atomic E-state index is -1.65. The number of esters is 1. The van der Waals surface area contributed by atoms with Crippen LogP contribution in [0.2, 0.25) is 0 Å². The number of urea groups is 1. The lowest BCUT2D eigenvalue weighted by Crippen LogP contribution is -2.49. The summed E-state index contributed by atoms with van der Waals surface area (Å²) in [6.45, 7) is -0.157. The molecule has 2 aromatic heterocycles. The summed E-state index contributed by atoms with van der Waals surface area (Å²) in [5.74, 6) is 4.75. The van der Waals surface area contributed by atoms with Gasteiger partial charge in [0, 0.05) is 28.7 Å². The maximum atomic E-state index is 12.7. The Bertz CT molecular complexity index is 1320. The van der Waals surface area contributed by atoms with Crippen LogP contribution in [-0.2, 0) is 16.1 Å². The van der Waals surface area contributed by atoms with Gasteiger partial charge < -0.3 is 24.5 Å². The molecule has 1 fully saturated rings. The molecule has 10 nitrogen and oxygen atoms in total. The lowest BCUT2D eigenvalue weighted by molar-refractivity contribution is -0.122. The number of rotatable bonds is 4. The highest BCUT2D eigenvalue weighted by Crippen LogP contribution is 2.31. The first-order valence-corrected chi connectivity index (χ1v) is 9.42. The van der Waals surface area contributed by atoms with Gasteiger partial charge in [0.05, 0.1) is 20.8 Å². The fourth-order valence-corrected chi connectivity index (χ4v) is 3.36. The number of imide groups is 1. The highest BCUT2D eigenvalue weighted by molar-refractivity contribution is 6.09. The van der Waals surface area contributed by atoms with Gasteiger partial charge in [0.15, 0.2) is 5.88 Å². The van der Waals surface area contributed by atoms with E-state index in [1.165, 1.54) is 31.0 Å². The third kappa shape index (κ3) is 3.67. The molecule has 3 aromatic rings. The van der Waals surface area contributed by atoms with Crippen molar-refractivity contribution in [2.75, 3.05) is 14.2 Å². The van der Waals surface area contributed by atoms with Crippen LogP contribution in [0.3, 0.4) is 0 Å². The number of carbonyl (C=O) groups is 3. The van der Waals surface area contributed by atoms with E-state index in [2.05, 4.69) is 32.2 Å². The Morgan fingerprint density at radius 3 is 2.75 bits per heavy atom. The molecule has 3 heterocycles. The van der Waals surface area contributed by atoms with Crippen molar-refractivity contribution in [3.05, 3.63) is 54.0 Å². The number of amides is 3. The molecule has 3 amide bonds. The number of hydrogen-bond donors (Lipinski definition) is 3. The molecule has 1 saturated heterocycles. The van der Waals surface area contributed by atoms with Crippen molar-refractivity contribution in [2.24, 2.45) is 0 Å². The molecule has 4 rings (SSSR count). The zero-order chi connectivity index (χ0) is 22.9. The molecule has 1 aliphatic rings. The highest BCUT2D eigenvalue weighted by atomic mass is 16.5. The summed E-state index contributed by atoms with van der Waals surface area (Å²) in [7, 11) is 2.75. The third-order valence-electron chi connectivity index (χ3n) is 4.99. The molecule has 10 heteroatoms. The zero-order valence-electron chi connectivity index (χ0n) is 17.1. The summed E-state index contributed by atoms with van der Waals surface area (Å²) in [5.41, 5.74) is -1.21. The molecule has 0 unspecified atom stereocenters. The molecular weight excluding hydrogens is 416 g/mol. The first-order valence-electron chi connectivity index (χ1n) is 9.42. The molecule has 0 bridgehead atoms. The molecule has 0 saturated carbocycles. The van der Waals surface area contributed by atoms with Crippen LogP contribution in [0.4, 0.5) is 4.79 Å². The Kier molecular flexibility index (Phi) is 5.16. The van der Waals surface area contributed by atoms with Crippen LogP contribution in [0.1, 0.15) is 16.1 Å². The smallest absolute Gasteiger partial charge is 0.356 e. The van der Waals surface area contributed by atoms with Crippen LogP contribution in [-0.4, -0.2) is 52.3 Å². The lowest BCUT2D eigenvalue weighted by atomic mass is 10.00. The second-order valence-electron chi connectivity index (χ2n) is 7.02. The summed E-state index contributed by atoms with van der Waals surface area (Å²) in [5, 5.41) is 16.7. The quantitative estimate of drug-likeness (QED) is 0.319. The Hall–Kier alpha value is -4.52. The van der Waals surface area contributed by atoms with Crippen LogP contribution in [0.15, 0.2) is 42.7 Å². The van der Waals surface area contributed by atoms with Gasteiger partial charge in [-0.2, -0.15) is 0 Å². The van der Waals surface area contributed by atoms with Gasteiger partial charge in [-0.05, 0) is 30.3 Å². The summed E-state index contributed by atoms with van der Waals surface area (Å²) in [4.78, 5) is 40.2. The van der Waals surface area contributed by atoms with Crippen molar-refractivity contribution < 1.29 is 29.0 Å². The van der Waals surface area contributed by atoms with Crippen molar-refractivity contribution in [3.8, 4) is 23.5 Å². The minimum Gasteiger partial charge on any atom is -0.497 e. The minimum absolute atomic E-state index is 0.0523. The van der Waals surface area contributed by atoms with E-state index in [0.717, 1.165) is 0 Å². The van der Waals surface area contributed by atoms with Gasteiger partial charge in [-0.15, -0.1) is 0 Å². The van der Waals surface area contributed by atoms with E-state index in [1.54, 1.807) is 30.5 Å². The van der Waals surface area contributed by atoms with E-state index in [1.807, 2.05) is 0 Å². The summed E-state index contributed by atoms with van der Waals surface area (Å²) in [6, 6.07) is 7.44. The number of methoxy groups -OCH3 is 2. The lowest BCUT2D eigenvalue weighted by Gasteiger charge is -2.20. The summed E-state index contributed by atoms with van der Waals surface area (Å²) < 4.78 is 11.3. The molecule has 0 aliphatic carbocycles. The molecule has 3 N–H and O–H groups in total. The van der Waals surface area contributed by atoms with Gasteiger partial charge in [-0.3, -0.25) is 10.1 Å². The number of hydrogen-bond acceptors (Lipinski definition) is 7. The molecule has 1 atom stereocenters. The van der Waals surface area contributed by atoms with Gasteiger partial charge in [-0.1, -0.05) is 11.8 Å². The predicted octanol–water partition coefficient (Wildman–Crippen LogP) is 1.17. The SMILES string of the molecule is COC(=O)c1cc(C#C[C@]2(Cn3cc4ccc(OC)cc4c3O)NC(=O)NC2=O)ccn1. The normalized spacial score (nSPS) is 17.3. The van der Waals surface area contributed by atoms with Crippen LogP contribution < -0.4 is 15.4 Å². The fraction of sp³-hybridized carbons (Fsp3) is 0.182. The van der Waals surface area contributed by atoms with E-state index in [-0.39, 0.29) is 18.1 Å². The largest absolute Gasteiger partial charge is 0.497 e. The van der Waals surface area contributed by atoms with E-state index < -0.39 is 23.4 Å². The summed E-state index contributed by atoms with van der Waals surface area (Å²) in [6.07, 6.45) is 3.03. The fourth-order valence-electron chi connectivity index (χ4n) is 3.36. The van der Waals surface area contributed by atoms with E-state index in [4.69, 9.17) is 4.74 Å². The number of nitrogens with one attached hydrogen (secondary N) is 2. The van der Waals surface area contributed by atoms with Crippen molar-refractivity contribution >= 4 is 28.7 Å². The second-order valence-corrected chi connectivity index (χ2v) is 7.02. The molecule has 1 aromatic carbocycles. The maximum Gasteiger partial charge on any atom is 0.356 e. The predicted molar refractivity (Wildman–Crippen MR) is 112 cm³/mol. The number of benzene rings is 1. The van der Waals surface area contributed by atoms with Gasteiger partial charge >= 0.3 is 12.0 Å². The van der Waals surface area contributed by atoms with Gasteiger partial charge in [0.2, 0.25) is 5.54 Å². The van der Waals surface area contributed by atoms with E-state index in [9.17, 15) is 19.5 Å². The monoisotopic (exact) mass is 434 g/mol. The van der Waals surface area contributed by atoms with Crippen LogP contribution in [0, 0.1) is 11.8 Å². The number of pyridine rings is 1. The van der Waals surface area contributed by atoms with Crippen LogP contribution in [0.25, 0.3) is 10.8 Å². The van der Waals surface area contributed by atoms with Crippen molar-refractivity contribution in [3.63, 3.8) is 0 Å². The Morgan fingerprint density at radius 1 is 1.25 bits per heavy atom. The first kappa shape index (κ1) is 20.7. The van der Waals surface area contributed by atoms with Gasteiger partial charge in [0.25, 0.3) is 5.91 Å². The topological polar surface area (TPSA) is 132 Å². The van der Waals surface area contributed by atoms with Crippen LogP contribution >= 0.6 is 0 Å². The average Bonchev–Trinajstić information content (AvgIpc) is 3.26. The van der Waals surface area contributed by atoms with E-state index in [0.29, 0.717) is 22.1 Å². The zero-order valence-corrected chi connectivity index (χ0v) is 17.1. The average molecular weight is 434 g/mol. The second kappa shape index (κ2) is 7.96. The molecule has 162 valence electrons. The van der Waals surface area contributed by atoms with Gasteiger partial charge in [-0.25, -0.2) is 14.6 Å². The molecular formula is C22H18N4O6. The number of nitrogens with zero attached hydrogens (tertiary/aromatic N) is 2. The molecule has 1 aliphatic heterocycles. The third-order valence-corrected chi connectivity index (χ3v) is 4.99. The molecule has 32 heavy (non-hydrogen) atoms. The number of aromatic hydroxyl groups is 1. The standard InChI is InChI=1S/C22H18N4O6/c1-31-15-4-3-14-11-26(18(27)16(14)10-15)12-22(20(29)24-21(30)25-22)7-5-13-6-8-23-17(9-13)19(28)32-2/h3-4,6,8-11,27H,12H2,1-2H3,(H2,24,25,29,30)/t22-/m1/s1. The van der Waals surface area contributed by atoms with E-state index >= 15 is 0 Å². The maximum absolute atomic E-state index is 12.7. The number of fused-ring (bicyclic) bond motifs is 1. The van der Waals surface area contributed by atoms with Gasteiger partial charge in [0.1, 0.15) is 11.4 Å². The Morgan fingerprint density at radius 2 is 2.06 bits per heavy atom. The summed E-state index contributed by atoms with van der Waals surface area (Å²) >= 11 is 0. The Labute approximate surface area is 182 Å². The first-order chi connectivity index (χ1) is 15.3. The number of ether oxygens (including phenoxy) is 2.